The number of carbonyl (C=O) groups excluding carboxylic acids is 1. The number of amides is 1. The molecule has 0 bridgehead atoms. The number of halogens is 1. The van der Waals surface area contributed by atoms with Gasteiger partial charge in [-0.25, -0.2) is 9.18 Å². The van der Waals surface area contributed by atoms with Gasteiger partial charge in [-0.1, -0.05) is 0 Å². The van der Waals surface area contributed by atoms with Crippen molar-refractivity contribution in [3.8, 4) is 0 Å². The van der Waals surface area contributed by atoms with E-state index in [-0.39, 0.29) is 11.6 Å². The van der Waals surface area contributed by atoms with Gasteiger partial charge in [0.15, 0.2) is 0 Å². The van der Waals surface area contributed by atoms with E-state index in [1.54, 1.807) is 0 Å². The summed E-state index contributed by atoms with van der Waals surface area (Å²) in [6.45, 7) is 1.83. The van der Waals surface area contributed by atoms with Gasteiger partial charge < -0.3 is 15.7 Å². The van der Waals surface area contributed by atoms with Crippen LogP contribution >= 0.6 is 0 Å². The second-order valence-corrected chi connectivity index (χ2v) is 4.95. The van der Waals surface area contributed by atoms with E-state index in [4.69, 9.17) is 5.11 Å². The smallest absolute Gasteiger partial charge is 0.338 e. The summed E-state index contributed by atoms with van der Waals surface area (Å²) < 4.78 is 13.5. The molecule has 1 aliphatic heterocycles. The molecular weight excluding hydrogens is 263 g/mol. The van der Waals surface area contributed by atoms with Gasteiger partial charge in [0.05, 0.1) is 5.56 Å². The number of nitrogens with one attached hydrogen (secondary N) is 2. The van der Waals surface area contributed by atoms with Crippen molar-refractivity contribution in [1.29, 1.82) is 0 Å². The van der Waals surface area contributed by atoms with Crippen molar-refractivity contribution in [2.45, 2.75) is 19.3 Å². The van der Waals surface area contributed by atoms with Crippen LogP contribution in [0.1, 0.15) is 29.6 Å². The molecule has 1 heterocycles. The summed E-state index contributed by atoms with van der Waals surface area (Å²) in [5.74, 6) is -1.99. The quantitative estimate of drug-likeness (QED) is 0.786. The largest absolute Gasteiger partial charge is 0.478 e. The fraction of sp³-hybridized carbons (Fsp3) is 0.429. The Morgan fingerprint density at radius 3 is 2.65 bits per heavy atom. The molecule has 1 aromatic rings. The number of benzene rings is 1. The molecule has 20 heavy (non-hydrogen) atoms. The Morgan fingerprint density at radius 1 is 1.35 bits per heavy atom. The average molecular weight is 280 g/mol. The summed E-state index contributed by atoms with van der Waals surface area (Å²) >= 11 is 0. The first kappa shape index (κ1) is 14.5. The van der Waals surface area contributed by atoms with Crippen molar-refractivity contribution in [2.75, 3.05) is 18.4 Å². The van der Waals surface area contributed by atoms with Crippen LogP contribution < -0.4 is 10.6 Å². The maximum atomic E-state index is 13.5. The predicted octanol–water partition coefficient (Wildman–Crippen LogP) is 1.85. The molecule has 0 radical (unpaired) electrons. The van der Waals surface area contributed by atoms with Crippen LogP contribution in [0.25, 0.3) is 0 Å². The minimum absolute atomic E-state index is 0.167. The van der Waals surface area contributed by atoms with Crippen LogP contribution in [0.4, 0.5) is 10.1 Å². The Labute approximate surface area is 116 Å². The Morgan fingerprint density at radius 2 is 2.05 bits per heavy atom. The molecule has 0 saturated carbocycles. The van der Waals surface area contributed by atoms with Crippen LogP contribution in [0, 0.1) is 11.7 Å². The van der Waals surface area contributed by atoms with Crippen LogP contribution in [0.3, 0.4) is 0 Å². The molecule has 108 valence electrons. The van der Waals surface area contributed by atoms with Gasteiger partial charge in [-0.15, -0.1) is 0 Å². The molecule has 1 saturated heterocycles. The van der Waals surface area contributed by atoms with Crippen molar-refractivity contribution in [2.24, 2.45) is 5.92 Å². The summed E-state index contributed by atoms with van der Waals surface area (Å²) in [6.07, 6.45) is 2.32. The Balaban J connectivity index is 1.93. The lowest BCUT2D eigenvalue weighted by Gasteiger charge is -2.21. The van der Waals surface area contributed by atoms with Crippen LogP contribution in [0.5, 0.6) is 0 Å². The second-order valence-electron chi connectivity index (χ2n) is 4.95. The van der Waals surface area contributed by atoms with Gasteiger partial charge in [-0.2, -0.15) is 0 Å². The zero-order valence-electron chi connectivity index (χ0n) is 11.0. The molecule has 1 aromatic carbocycles. The number of aromatic carboxylic acids is 1. The first-order chi connectivity index (χ1) is 9.56. The highest BCUT2D eigenvalue weighted by Crippen LogP contribution is 2.18. The molecule has 0 spiro atoms. The van der Waals surface area contributed by atoms with Crippen LogP contribution in [-0.2, 0) is 4.79 Å². The average Bonchev–Trinajstić information content (AvgIpc) is 2.39. The van der Waals surface area contributed by atoms with E-state index in [9.17, 15) is 14.0 Å². The minimum atomic E-state index is -1.32. The third kappa shape index (κ3) is 3.77. The van der Waals surface area contributed by atoms with Crippen molar-refractivity contribution in [1.82, 2.24) is 5.32 Å². The standard InChI is InChI=1S/C14H17FN2O3/c15-12-8-10(1-2-11(12)14(19)20)17-13(18)7-9-3-5-16-6-4-9/h1-2,8-9,16H,3-7H2,(H,17,18)(H,19,20). The van der Waals surface area contributed by atoms with Crippen molar-refractivity contribution >= 4 is 17.6 Å². The summed E-state index contributed by atoms with van der Waals surface area (Å²) in [7, 11) is 0. The number of rotatable bonds is 4. The molecule has 5 nitrogen and oxygen atoms in total. The molecule has 0 aromatic heterocycles. The third-order valence-electron chi connectivity index (χ3n) is 3.42. The number of carbonyl (C=O) groups is 2. The molecule has 1 fully saturated rings. The van der Waals surface area contributed by atoms with Crippen LogP contribution in [0.15, 0.2) is 18.2 Å². The maximum Gasteiger partial charge on any atom is 0.338 e. The molecule has 6 heteroatoms. The van der Waals surface area contributed by atoms with Crippen LogP contribution in [-0.4, -0.2) is 30.1 Å². The number of carboxylic acid groups (broad SMARTS) is 1. The van der Waals surface area contributed by atoms with Gasteiger partial charge in [0, 0.05) is 12.1 Å². The summed E-state index contributed by atoms with van der Waals surface area (Å²) in [5, 5.41) is 14.6. The Hall–Kier alpha value is -1.95. The SMILES string of the molecule is O=C(CC1CCNCC1)Nc1ccc(C(=O)O)c(F)c1. The van der Waals surface area contributed by atoms with Crippen molar-refractivity contribution in [3.05, 3.63) is 29.6 Å². The lowest BCUT2D eigenvalue weighted by Crippen LogP contribution is -2.30. The van der Waals surface area contributed by atoms with Crippen molar-refractivity contribution < 1.29 is 19.1 Å². The van der Waals surface area contributed by atoms with E-state index in [1.165, 1.54) is 6.07 Å². The number of anilines is 1. The lowest BCUT2D eigenvalue weighted by molar-refractivity contribution is -0.117. The minimum Gasteiger partial charge on any atom is -0.478 e. The Bertz CT molecular complexity index is 513. The summed E-state index contributed by atoms with van der Waals surface area (Å²) in [6, 6.07) is 3.58. The van der Waals surface area contributed by atoms with Gasteiger partial charge in [-0.05, 0) is 50.0 Å². The third-order valence-corrected chi connectivity index (χ3v) is 3.42. The Kier molecular flexibility index (Phi) is 4.68. The molecule has 3 N–H and O–H groups in total. The first-order valence-electron chi connectivity index (χ1n) is 6.59. The van der Waals surface area contributed by atoms with Crippen molar-refractivity contribution in [3.63, 3.8) is 0 Å². The molecule has 2 rings (SSSR count). The molecule has 1 aliphatic rings. The summed E-state index contributed by atoms with van der Waals surface area (Å²) in [4.78, 5) is 22.5. The first-order valence-corrected chi connectivity index (χ1v) is 6.59. The monoisotopic (exact) mass is 280 g/mol. The predicted molar refractivity (Wildman–Crippen MR) is 72.2 cm³/mol. The fourth-order valence-electron chi connectivity index (χ4n) is 2.33. The van der Waals surface area contributed by atoms with E-state index < -0.39 is 17.3 Å². The van der Waals surface area contributed by atoms with Crippen LogP contribution in [0.2, 0.25) is 0 Å². The highest BCUT2D eigenvalue weighted by Gasteiger charge is 2.17. The van der Waals surface area contributed by atoms with Gasteiger partial charge in [0.25, 0.3) is 0 Å². The molecular formula is C14H17FN2O3. The van der Waals surface area contributed by atoms with E-state index in [1.807, 2.05) is 0 Å². The van der Waals surface area contributed by atoms with Gasteiger partial charge in [0.1, 0.15) is 5.82 Å². The molecule has 1 amide bonds. The highest BCUT2D eigenvalue weighted by atomic mass is 19.1. The number of piperidine rings is 1. The topological polar surface area (TPSA) is 78.4 Å². The zero-order chi connectivity index (χ0) is 14.5. The van der Waals surface area contributed by atoms with Gasteiger partial charge in [0.2, 0.25) is 5.91 Å². The zero-order valence-corrected chi connectivity index (χ0v) is 11.0. The van der Waals surface area contributed by atoms with E-state index in [0.717, 1.165) is 38.1 Å². The van der Waals surface area contributed by atoms with Gasteiger partial charge in [-0.3, -0.25) is 4.79 Å². The van der Waals surface area contributed by atoms with E-state index >= 15 is 0 Å². The number of hydrogen-bond donors (Lipinski definition) is 3. The normalized spacial score (nSPS) is 15.8. The van der Waals surface area contributed by atoms with E-state index in [2.05, 4.69) is 10.6 Å². The molecule has 0 atom stereocenters. The van der Waals surface area contributed by atoms with Gasteiger partial charge >= 0.3 is 5.97 Å². The maximum absolute atomic E-state index is 13.5. The highest BCUT2D eigenvalue weighted by molar-refractivity contribution is 5.92. The lowest BCUT2D eigenvalue weighted by atomic mass is 9.94. The second kappa shape index (κ2) is 6.47. The molecule has 0 unspecified atom stereocenters. The van der Waals surface area contributed by atoms with E-state index in [0.29, 0.717) is 12.3 Å². The fourth-order valence-corrected chi connectivity index (χ4v) is 2.33. The molecule has 0 aliphatic carbocycles. The number of carboxylic acids is 1. The summed E-state index contributed by atoms with van der Waals surface area (Å²) in [5.41, 5.74) is -0.118. The number of hydrogen-bond acceptors (Lipinski definition) is 3.